The third kappa shape index (κ3) is 4.89. The minimum Gasteiger partial charge on any atom is -0.354 e. The summed E-state index contributed by atoms with van der Waals surface area (Å²) in [5.74, 6) is 0.339. The average Bonchev–Trinajstić information content (AvgIpc) is 2.70. The van der Waals surface area contributed by atoms with Crippen LogP contribution in [0.5, 0.6) is 0 Å². The summed E-state index contributed by atoms with van der Waals surface area (Å²) >= 11 is 0. The highest BCUT2D eigenvalue weighted by Gasteiger charge is 2.12. The second-order valence-electron chi connectivity index (χ2n) is 6.06. The number of carbonyl (C=O) groups excluding carboxylic acids is 1. The fraction of sp³-hybridized carbons (Fsp3) is 0.190. The molecule has 3 aromatic rings. The van der Waals surface area contributed by atoms with E-state index in [4.69, 9.17) is 0 Å². The first-order valence-electron chi connectivity index (χ1n) is 8.68. The Morgan fingerprint density at radius 3 is 2.23 bits per heavy atom. The van der Waals surface area contributed by atoms with E-state index in [1.165, 1.54) is 5.56 Å². The van der Waals surface area contributed by atoms with Crippen molar-refractivity contribution in [2.75, 3.05) is 11.9 Å². The van der Waals surface area contributed by atoms with Crippen molar-refractivity contribution in [2.24, 2.45) is 0 Å². The van der Waals surface area contributed by atoms with Crippen LogP contribution in [0.15, 0.2) is 73.1 Å². The number of carbonyl (C=O) groups is 1. The van der Waals surface area contributed by atoms with E-state index in [0.29, 0.717) is 11.5 Å². The summed E-state index contributed by atoms with van der Waals surface area (Å²) in [6, 6.07) is 20.0. The van der Waals surface area contributed by atoms with Gasteiger partial charge in [-0.2, -0.15) is 0 Å². The molecule has 26 heavy (non-hydrogen) atoms. The van der Waals surface area contributed by atoms with Gasteiger partial charge in [-0.15, -0.1) is 0 Å². The van der Waals surface area contributed by atoms with Crippen LogP contribution in [0.1, 0.15) is 34.5 Å². The number of nitrogens with zero attached hydrogens (tertiary/aromatic N) is 2. The SMILES string of the molecule is CC(NC(=O)c1cnc(NCCc2ccccc2)nc1)c1ccccc1. The molecule has 0 saturated carbocycles. The Bertz CT molecular complexity index is 820. The molecule has 1 heterocycles. The number of amides is 1. The smallest absolute Gasteiger partial charge is 0.254 e. The first-order chi connectivity index (χ1) is 12.7. The Labute approximate surface area is 153 Å². The highest BCUT2D eigenvalue weighted by atomic mass is 16.1. The standard InChI is InChI=1S/C21H22N4O/c1-16(18-10-6-3-7-11-18)25-20(26)19-14-23-21(24-15-19)22-13-12-17-8-4-2-5-9-17/h2-11,14-16H,12-13H2,1H3,(H,25,26)(H,22,23,24). The number of rotatable bonds is 7. The lowest BCUT2D eigenvalue weighted by Crippen LogP contribution is -2.27. The van der Waals surface area contributed by atoms with E-state index in [1.807, 2.05) is 55.5 Å². The van der Waals surface area contributed by atoms with Gasteiger partial charge in [-0.05, 0) is 24.5 Å². The van der Waals surface area contributed by atoms with Gasteiger partial charge in [-0.1, -0.05) is 60.7 Å². The molecule has 1 unspecified atom stereocenters. The summed E-state index contributed by atoms with van der Waals surface area (Å²) in [5.41, 5.74) is 2.76. The molecule has 5 heteroatoms. The van der Waals surface area contributed by atoms with Gasteiger partial charge in [0.05, 0.1) is 11.6 Å². The predicted octanol–water partition coefficient (Wildman–Crippen LogP) is 3.62. The minimum absolute atomic E-state index is 0.0765. The molecule has 3 rings (SSSR count). The van der Waals surface area contributed by atoms with Crippen LogP contribution in [0.4, 0.5) is 5.95 Å². The maximum Gasteiger partial charge on any atom is 0.254 e. The van der Waals surface area contributed by atoms with E-state index in [0.717, 1.165) is 18.5 Å². The van der Waals surface area contributed by atoms with E-state index in [2.05, 4.69) is 32.7 Å². The van der Waals surface area contributed by atoms with Crippen molar-refractivity contribution in [3.05, 3.63) is 89.7 Å². The van der Waals surface area contributed by atoms with Crippen molar-refractivity contribution in [3.8, 4) is 0 Å². The average molecular weight is 346 g/mol. The van der Waals surface area contributed by atoms with E-state index < -0.39 is 0 Å². The van der Waals surface area contributed by atoms with E-state index >= 15 is 0 Å². The maximum absolute atomic E-state index is 12.3. The van der Waals surface area contributed by atoms with Gasteiger partial charge in [-0.3, -0.25) is 4.79 Å². The monoisotopic (exact) mass is 346 g/mol. The molecule has 0 fully saturated rings. The van der Waals surface area contributed by atoms with Crippen molar-refractivity contribution in [2.45, 2.75) is 19.4 Å². The molecule has 2 N–H and O–H groups in total. The summed E-state index contributed by atoms with van der Waals surface area (Å²) < 4.78 is 0. The van der Waals surface area contributed by atoms with Crippen LogP contribution in [0.3, 0.4) is 0 Å². The molecule has 0 radical (unpaired) electrons. The van der Waals surface area contributed by atoms with E-state index in [9.17, 15) is 4.79 Å². The predicted molar refractivity (Wildman–Crippen MR) is 103 cm³/mol. The quantitative estimate of drug-likeness (QED) is 0.686. The topological polar surface area (TPSA) is 66.9 Å². The minimum atomic E-state index is -0.183. The zero-order chi connectivity index (χ0) is 18.2. The summed E-state index contributed by atoms with van der Waals surface area (Å²) in [7, 11) is 0. The second kappa shape index (κ2) is 8.76. The first kappa shape index (κ1) is 17.6. The van der Waals surface area contributed by atoms with Gasteiger partial charge >= 0.3 is 0 Å². The van der Waals surface area contributed by atoms with Crippen LogP contribution in [-0.4, -0.2) is 22.4 Å². The van der Waals surface area contributed by atoms with Crippen LogP contribution in [0.25, 0.3) is 0 Å². The fourth-order valence-corrected chi connectivity index (χ4v) is 2.60. The molecular weight excluding hydrogens is 324 g/mol. The molecule has 5 nitrogen and oxygen atoms in total. The van der Waals surface area contributed by atoms with Gasteiger partial charge in [0.1, 0.15) is 0 Å². The van der Waals surface area contributed by atoms with Crippen LogP contribution in [0, 0.1) is 0 Å². The molecule has 0 spiro atoms. The Hall–Kier alpha value is -3.21. The largest absolute Gasteiger partial charge is 0.354 e. The number of nitrogens with one attached hydrogen (secondary N) is 2. The Morgan fingerprint density at radius 1 is 0.962 bits per heavy atom. The number of aromatic nitrogens is 2. The molecular formula is C21H22N4O. The Balaban J connectivity index is 1.51. The van der Waals surface area contributed by atoms with Crippen LogP contribution in [-0.2, 0) is 6.42 Å². The molecule has 132 valence electrons. The van der Waals surface area contributed by atoms with E-state index in [-0.39, 0.29) is 11.9 Å². The van der Waals surface area contributed by atoms with Crippen LogP contribution in [0.2, 0.25) is 0 Å². The number of anilines is 1. The van der Waals surface area contributed by atoms with E-state index in [1.54, 1.807) is 12.4 Å². The summed E-state index contributed by atoms with van der Waals surface area (Å²) in [4.78, 5) is 20.8. The number of benzene rings is 2. The maximum atomic E-state index is 12.3. The molecule has 0 aliphatic rings. The molecule has 0 saturated heterocycles. The number of hydrogen-bond donors (Lipinski definition) is 2. The normalized spacial score (nSPS) is 11.6. The molecule has 0 bridgehead atoms. The van der Waals surface area contributed by atoms with Crippen molar-refractivity contribution < 1.29 is 4.79 Å². The van der Waals surface area contributed by atoms with Crippen molar-refractivity contribution in [1.29, 1.82) is 0 Å². The van der Waals surface area contributed by atoms with Crippen molar-refractivity contribution >= 4 is 11.9 Å². The van der Waals surface area contributed by atoms with Crippen LogP contribution < -0.4 is 10.6 Å². The van der Waals surface area contributed by atoms with Gasteiger partial charge in [0.25, 0.3) is 5.91 Å². The first-order valence-corrected chi connectivity index (χ1v) is 8.68. The van der Waals surface area contributed by atoms with Gasteiger partial charge in [0, 0.05) is 18.9 Å². The lowest BCUT2D eigenvalue weighted by Gasteiger charge is -2.14. The lowest BCUT2D eigenvalue weighted by molar-refractivity contribution is 0.0939. The van der Waals surface area contributed by atoms with Gasteiger partial charge in [-0.25, -0.2) is 9.97 Å². The number of hydrogen-bond acceptors (Lipinski definition) is 4. The Morgan fingerprint density at radius 2 is 1.58 bits per heavy atom. The molecule has 1 aromatic heterocycles. The van der Waals surface area contributed by atoms with Gasteiger partial charge < -0.3 is 10.6 Å². The zero-order valence-corrected chi connectivity index (χ0v) is 14.7. The van der Waals surface area contributed by atoms with Crippen molar-refractivity contribution in [1.82, 2.24) is 15.3 Å². The lowest BCUT2D eigenvalue weighted by atomic mass is 10.1. The fourth-order valence-electron chi connectivity index (χ4n) is 2.60. The highest BCUT2D eigenvalue weighted by Crippen LogP contribution is 2.12. The third-order valence-electron chi connectivity index (χ3n) is 4.10. The molecule has 0 aliphatic carbocycles. The zero-order valence-electron chi connectivity index (χ0n) is 14.7. The summed E-state index contributed by atoms with van der Waals surface area (Å²) in [5, 5.41) is 6.13. The summed E-state index contributed by atoms with van der Waals surface area (Å²) in [6.45, 7) is 2.69. The van der Waals surface area contributed by atoms with Gasteiger partial charge in [0.2, 0.25) is 5.95 Å². The molecule has 2 aromatic carbocycles. The molecule has 1 atom stereocenters. The van der Waals surface area contributed by atoms with Gasteiger partial charge in [0.15, 0.2) is 0 Å². The second-order valence-corrected chi connectivity index (χ2v) is 6.06. The Kier molecular flexibility index (Phi) is 5.93. The van der Waals surface area contributed by atoms with Crippen molar-refractivity contribution in [3.63, 3.8) is 0 Å². The molecule has 1 amide bonds. The highest BCUT2D eigenvalue weighted by molar-refractivity contribution is 5.93. The molecule has 0 aliphatic heterocycles. The third-order valence-corrected chi connectivity index (χ3v) is 4.10. The van der Waals surface area contributed by atoms with Crippen LogP contribution >= 0.6 is 0 Å². The summed E-state index contributed by atoms with van der Waals surface area (Å²) in [6.07, 6.45) is 3.98.